The molecule has 4 rings (SSSR count). The number of ketones is 1. The molecule has 0 aliphatic heterocycles. The minimum absolute atomic E-state index is 0.0121. The van der Waals surface area contributed by atoms with Crippen LogP contribution >= 0.6 is 0 Å². The van der Waals surface area contributed by atoms with Gasteiger partial charge in [0, 0.05) is 31.2 Å². The second-order valence-corrected chi connectivity index (χ2v) is 9.18. The Kier molecular flexibility index (Phi) is 5.32. The number of Topliss-reactive ketones (excluding diaryl/α,β-unsaturated/α-hetero) is 1. The van der Waals surface area contributed by atoms with Crippen LogP contribution in [-0.2, 0) is 21.5 Å². The first-order chi connectivity index (χ1) is 13.4. The largest absolute Gasteiger partial charge is 0.375 e. The maximum absolute atomic E-state index is 13.4. The lowest BCUT2D eigenvalue weighted by atomic mass is 9.53. The molecule has 1 aromatic carbocycles. The summed E-state index contributed by atoms with van der Waals surface area (Å²) in [4.78, 5) is 25.1. The van der Waals surface area contributed by atoms with E-state index in [-0.39, 0.29) is 23.8 Å². The van der Waals surface area contributed by atoms with Crippen LogP contribution in [0.1, 0.15) is 61.0 Å². The Morgan fingerprint density at radius 2 is 2.07 bits per heavy atom. The second kappa shape index (κ2) is 7.60. The van der Waals surface area contributed by atoms with Gasteiger partial charge in [0.15, 0.2) is 5.78 Å². The van der Waals surface area contributed by atoms with Crippen molar-refractivity contribution < 1.29 is 14.3 Å². The highest BCUT2D eigenvalue weighted by Crippen LogP contribution is 2.52. The molecule has 0 radical (unpaired) electrons. The molecule has 3 aliphatic carbocycles. The van der Waals surface area contributed by atoms with Crippen LogP contribution in [0.25, 0.3) is 0 Å². The van der Waals surface area contributed by atoms with Gasteiger partial charge in [-0.2, -0.15) is 0 Å². The summed E-state index contributed by atoms with van der Waals surface area (Å²) in [5.41, 5.74) is 3.10. The first kappa shape index (κ1) is 19.6. The average molecular weight is 385 g/mol. The number of nitrogens with one attached hydrogen (secondary N) is 2. The van der Waals surface area contributed by atoms with Gasteiger partial charge in [-0.05, 0) is 60.6 Å². The Bertz CT molecular complexity index is 773. The number of hydrogen-bond donors (Lipinski definition) is 2. The van der Waals surface area contributed by atoms with Gasteiger partial charge in [-0.3, -0.25) is 9.59 Å². The zero-order valence-corrected chi connectivity index (χ0v) is 17.2. The van der Waals surface area contributed by atoms with Crippen LogP contribution in [-0.4, -0.2) is 38.0 Å². The fourth-order valence-electron chi connectivity index (χ4n) is 5.22. The van der Waals surface area contributed by atoms with Gasteiger partial charge < -0.3 is 15.4 Å². The summed E-state index contributed by atoms with van der Waals surface area (Å²) in [6.07, 6.45) is 4.81. The molecule has 0 heterocycles. The Morgan fingerprint density at radius 3 is 2.79 bits per heavy atom. The number of ether oxygens (including phenoxy) is 1. The lowest BCUT2D eigenvalue weighted by Crippen LogP contribution is -2.57. The van der Waals surface area contributed by atoms with Crippen molar-refractivity contribution >= 4 is 11.7 Å². The van der Waals surface area contributed by atoms with Crippen LogP contribution in [0.3, 0.4) is 0 Å². The van der Waals surface area contributed by atoms with Crippen LogP contribution in [0, 0.1) is 17.8 Å². The minimum atomic E-state index is -0.127. The van der Waals surface area contributed by atoms with Crippen LogP contribution in [0.5, 0.6) is 0 Å². The third kappa shape index (κ3) is 3.50. The van der Waals surface area contributed by atoms with E-state index in [2.05, 4.69) is 30.5 Å². The summed E-state index contributed by atoms with van der Waals surface area (Å²) >= 11 is 0. The molecule has 5 heteroatoms. The number of methoxy groups -OCH3 is 1. The summed E-state index contributed by atoms with van der Waals surface area (Å²) in [6.45, 7) is 6.16. The normalized spacial score (nSPS) is 31.4. The van der Waals surface area contributed by atoms with Gasteiger partial charge in [-0.15, -0.1) is 0 Å². The maximum Gasteiger partial charge on any atom is 0.246 e. The molecule has 0 aromatic heterocycles. The van der Waals surface area contributed by atoms with E-state index >= 15 is 0 Å². The molecule has 0 saturated heterocycles. The fraction of sp³-hybridized carbons (Fsp3) is 0.652. The summed E-state index contributed by atoms with van der Waals surface area (Å²) in [5.74, 6) is 1.38. The van der Waals surface area contributed by atoms with E-state index in [0.29, 0.717) is 24.3 Å². The van der Waals surface area contributed by atoms with E-state index in [0.717, 1.165) is 36.4 Å². The molecular weight excluding hydrogens is 352 g/mol. The highest BCUT2D eigenvalue weighted by Gasteiger charge is 2.53. The fourth-order valence-corrected chi connectivity index (χ4v) is 5.22. The van der Waals surface area contributed by atoms with Crippen molar-refractivity contribution in [1.29, 1.82) is 0 Å². The Hall–Kier alpha value is -1.72. The zero-order valence-electron chi connectivity index (χ0n) is 17.2. The third-order valence-corrected chi connectivity index (χ3v) is 7.35. The van der Waals surface area contributed by atoms with Gasteiger partial charge in [0.2, 0.25) is 5.91 Å². The van der Waals surface area contributed by atoms with Gasteiger partial charge in [-0.1, -0.05) is 32.0 Å². The van der Waals surface area contributed by atoms with Crippen LogP contribution in [0.2, 0.25) is 0 Å². The Labute approximate surface area is 167 Å². The SMILES string of the molecule is COCC(=O)NCc1ccc2c(c1)[C@]1(C)CCC(NCC3CC3)[C@H](C2=O)[C@@H]1C. The molecule has 5 nitrogen and oxygen atoms in total. The standard InChI is InChI=1S/C23H32N2O3/c1-14-21-19(24-11-15-4-5-15)8-9-23(14,2)18-10-16(6-7-17(18)22(21)27)12-25-20(26)13-28-3/h6-7,10,14-15,19,21,24H,4-5,8-9,11-13H2,1-3H3,(H,25,26)/t14-,19?,21+,23+/m0/s1. The van der Waals surface area contributed by atoms with E-state index in [9.17, 15) is 9.59 Å². The van der Waals surface area contributed by atoms with E-state index in [1.165, 1.54) is 25.5 Å². The third-order valence-electron chi connectivity index (χ3n) is 7.35. The second-order valence-electron chi connectivity index (χ2n) is 9.18. The molecule has 0 spiro atoms. The van der Waals surface area contributed by atoms with Crippen molar-refractivity contribution in [3.8, 4) is 0 Å². The predicted molar refractivity (Wildman–Crippen MR) is 108 cm³/mol. The van der Waals surface area contributed by atoms with Gasteiger partial charge in [0.25, 0.3) is 0 Å². The monoisotopic (exact) mass is 384 g/mol. The van der Waals surface area contributed by atoms with E-state index in [1.54, 1.807) is 0 Å². The van der Waals surface area contributed by atoms with Crippen molar-refractivity contribution in [2.45, 2.75) is 57.5 Å². The maximum atomic E-state index is 13.4. The molecule has 1 amide bonds. The van der Waals surface area contributed by atoms with Crippen molar-refractivity contribution in [3.05, 3.63) is 34.9 Å². The Balaban J connectivity index is 1.56. The topological polar surface area (TPSA) is 67.4 Å². The predicted octanol–water partition coefficient (Wildman–Crippen LogP) is 2.82. The number of rotatable bonds is 7. The summed E-state index contributed by atoms with van der Waals surface area (Å²) in [7, 11) is 1.51. The summed E-state index contributed by atoms with van der Waals surface area (Å²) in [5, 5.41) is 6.60. The first-order valence-corrected chi connectivity index (χ1v) is 10.6. The molecule has 2 saturated carbocycles. The van der Waals surface area contributed by atoms with Crippen LogP contribution < -0.4 is 10.6 Å². The lowest BCUT2D eigenvalue weighted by molar-refractivity contribution is -0.124. The van der Waals surface area contributed by atoms with Crippen molar-refractivity contribution in [3.63, 3.8) is 0 Å². The molecule has 3 aliphatic rings. The number of fused-ring (bicyclic) bond motifs is 4. The van der Waals surface area contributed by atoms with Gasteiger partial charge in [0.05, 0.1) is 0 Å². The number of amides is 1. The van der Waals surface area contributed by atoms with Crippen LogP contribution in [0.15, 0.2) is 18.2 Å². The molecule has 1 aromatic rings. The van der Waals surface area contributed by atoms with Gasteiger partial charge >= 0.3 is 0 Å². The molecule has 2 fully saturated rings. The average Bonchev–Trinajstić information content (AvgIpc) is 3.50. The Morgan fingerprint density at radius 1 is 1.29 bits per heavy atom. The highest BCUT2D eigenvalue weighted by atomic mass is 16.5. The number of carbonyl (C=O) groups excluding carboxylic acids is 2. The van der Waals surface area contributed by atoms with Gasteiger partial charge in [0.1, 0.15) is 6.61 Å². The van der Waals surface area contributed by atoms with Crippen molar-refractivity contribution in [2.75, 3.05) is 20.3 Å². The van der Waals surface area contributed by atoms with Gasteiger partial charge in [-0.25, -0.2) is 0 Å². The molecule has 4 atom stereocenters. The molecule has 28 heavy (non-hydrogen) atoms. The summed E-state index contributed by atoms with van der Waals surface area (Å²) < 4.78 is 4.87. The molecule has 2 bridgehead atoms. The zero-order chi connectivity index (χ0) is 19.9. The quantitative estimate of drug-likeness (QED) is 0.759. The van der Waals surface area contributed by atoms with Crippen molar-refractivity contribution in [2.24, 2.45) is 17.8 Å². The summed E-state index contributed by atoms with van der Waals surface area (Å²) in [6, 6.07) is 6.41. The number of hydrogen-bond acceptors (Lipinski definition) is 4. The number of carbonyl (C=O) groups is 2. The molecule has 2 N–H and O–H groups in total. The van der Waals surface area contributed by atoms with E-state index in [1.807, 2.05) is 12.1 Å². The van der Waals surface area contributed by atoms with Crippen molar-refractivity contribution in [1.82, 2.24) is 10.6 Å². The molecule has 1 unspecified atom stereocenters. The van der Waals surface area contributed by atoms with Crippen LogP contribution in [0.4, 0.5) is 0 Å². The smallest absolute Gasteiger partial charge is 0.246 e. The molecule has 152 valence electrons. The highest BCUT2D eigenvalue weighted by molar-refractivity contribution is 6.02. The minimum Gasteiger partial charge on any atom is -0.375 e. The van der Waals surface area contributed by atoms with E-state index in [4.69, 9.17) is 4.74 Å². The number of benzene rings is 1. The first-order valence-electron chi connectivity index (χ1n) is 10.6. The lowest BCUT2D eigenvalue weighted by Gasteiger charge is -2.52. The molecular formula is C23H32N2O3. The van der Waals surface area contributed by atoms with E-state index < -0.39 is 0 Å².